The summed E-state index contributed by atoms with van der Waals surface area (Å²) in [6.45, 7) is 1.85. The van der Waals surface area contributed by atoms with Gasteiger partial charge in [0.2, 0.25) is 11.9 Å². The Morgan fingerprint density at radius 1 is 1.16 bits per heavy atom. The molecule has 1 heterocycles. The number of anilines is 1. The number of rotatable bonds is 4. The Balaban J connectivity index is 2.16. The van der Waals surface area contributed by atoms with Crippen LogP contribution in [0.1, 0.15) is 45.4 Å². The summed E-state index contributed by atoms with van der Waals surface area (Å²) in [4.78, 5) is 10.8. The number of para-hydroxylation sites is 1. The highest BCUT2D eigenvalue weighted by atomic mass is 32.2. The van der Waals surface area contributed by atoms with Crippen LogP contribution in [0.4, 0.5) is 5.69 Å². The third-order valence-corrected chi connectivity index (χ3v) is 6.73. The Hall–Kier alpha value is -2.09. The number of sulfone groups is 1. The fourth-order valence-electron chi connectivity index (χ4n) is 3.75. The summed E-state index contributed by atoms with van der Waals surface area (Å²) in [5.41, 5.74) is 12.0. The van der Waals surface area contributed by atoms with Crippen molar-refractivity contribution < 1.29 is 8.42 Å². The fourth-order valence-corrected chi connectivity index (χ4v) is 5.27. The molecule has 25 heavy (non-hydrogen) atoms. The molecule has 136 valence electrons. The van der Waals surface area contributed by atoms with Crippen LogP contribution in [0.2, 0.25) is 0 Å². The van der Waals surface area contributed by atoms with E-state index in [4.69, 9.17) is 11.5 Å². The average molecular weight is 363 g/mol. The van der Waals surface area contributed by atoms with Crippen molar-refractivity contribution in [3.05, 3.63) is 24.3 Å². The lowest BCUT2D eigenvalue weighted by Gasteiger charge is -2.46. The first-order valence-corrected chi connectivity index (χ1v) is 10.4. The van der Waals surface area contributed by atoms with Crippen LogP contribution in [0.25, 0.3) is 0 Å². The molecule has 4 N–H and O–H groups in total. The Bertz CT molecular complexity index is 810. The molecule has 1 fully saturated rings. The van der Waals surface area contributed by atoms with Crippen molar-refractivity contribution in [2.45, 2.75) is 56.0 Å². The van der Waals surface area contributed by atoms with Crippen LogP contribution in [-0.4, -0.2) is 31.8 Å². The first-order valence-electron chi connectivity index (χ1n) is 8.71. The molecule has 2 aliphatic rings. The van der Waals surface area contributed by atoms with E-state index in [2.05, 4.69) is 9.98 Å². The van der Waals surface area contributed by atoms with Crippen molar-refractivity contribution in [3.63, 3.8) is 0 Å². The van der Waals surface area contributed by atoms with Gasteiger partial charge in [0.15, 0.2) is 9.84 Å². The maximum absolute atomic E-state index is 12.8. The first kappa shape index (κ1) is 17.7. The second kappa shape index (κ2) is 6.67. The van der Waals surface area contributed by atoms with E-state index in [1.165, 1.54) is 0 Å². The zero-order chi connectivity index (χ0) is 18.1. The molecule has 1 aliphatic carbocycles. The molecule has 0 saturated heterocycles. The number of hydrogen-bond donors (Lipinski definition) is 2. The largest absolute Gasteiger partial charge is 0.369 e. The van der Waals surface area contributed by atoms with E-state index in [0.717, 1.165) is 32.1 Å². The molecule has 3 rings (SSSR count). The first-order chi connectivity index (χ1) is 11.9. The number of aliphatic imine (C=N–C) groups is 2. The van der Waals surface area contributed by atoms with Crippen LogP contribution in [-0.2, 0) is 9.84 Å². The van der Waals surface area contributed by atoms with E-state index in [0.29, 0.717) is 12.1 Å². The molecule has 7 nitrogen and oxygen atoms in total. The molecule has 0 bridgehead atoms. The highest BCUT2D eigenvalue weighted by molar-refractivity contribution is 7.91. The van der Waals surface area contributed by atoms with Gasteiger partial charge < -0.3 is 11.5 Å². The predicted octanol–water partition coefficient (Wildman–Crippen LogP) is 1.98. The molecule has 0 amide bonds. The maximum atomic E-state index is 12.8. The van der Waals surface area contributed by atoms with Gasteiger partial charge >= 0.3 is 0 Å². The van der Waals surface area contributed by atoms with Gasteiger partial charge in [-0.2, -0.15) is 4.99 Å². The highest BCUT2D eigenvalue weighted by Crippen LogP contribution is 2.41. The van der Waals surface area contributed by atoms with Gasteiger partial charge in [0.25, 0.3) is 0 Å². The van der Waals surface area contributed by atoms with Crippen molar-refractivity contribution >= 4 is 27.4 Å². The summed E-state index contributed by atoms with van der Waals surface area (Å²) in [6, 6.07) is 6.95. The number of guanidine groups is 2. The molecule has 1 saturated carbocycles. The van der Waals surface area contributed by atoms with Gasteiger partial charge in [-0.25, -0.2) is 13.4 Å². The summed E-state index contributed by atoms with van der Waals surface area (Å²) in [7, 11) is -3.41. The fraction of sp³-hybridized carbons (Fsp3) is 0.529. The Labute approximate surface area is 148 Å². The zero-order valence-electron chi connectivity index (χ0n) is 14.5. The second-order valence-corrected chi connectivity index (χ2v) is 8.68. The molecule has 0 unspecified atom stereocenters. The predicted molar refractivity (Wildman–Crippen MR) is 100 cm³/mol. The van der Waals surface area contributed by atoms with Crippen LogP contribution in [0, 0.1) is 0 Å². The Kier molecular flexibility index (Phi) is 4.73. The van der Waals surface area contributed by atoms with Gasteiger partial charge in [-0.1, -0.05) is 25.5 Å². The number of nitrogens with zero attached hydrogens (tertiary/aromatic N) is 3. The molecule has 1 aromatic carbocycles. The minimum absolute atomic E-state index is 0.0906. The summed E-state index contributed by atoms with van der Waals surface area (Å²) in [5.74, 6) is 0.450. The smallest absolute Gasteiger partial charge is 0.220 e. The molecule has 8 heteroatoms. The van der Waals surface area contributed by atoms with Gasteiger partial charge in [-0.3, -0.25) is 4.90 Å². The molecule has 1 aliphatic heterocycles. The summed E-state index contributed by atoms with van der Waals surface area (Å²) in [5, 5.41) is 0. The number of nitrogens with two attached hydrogens (primary N) is 2. The molecule has 0 atom stereocenters. The molecular formula is C17H25N5O2S. The van der Waals surface area contributed by atoms with Crippen LogP contribution in [0.15, 0.2) is 39.1 Å². The maximum Gasteiger partial charge on any atom is 0.220 e. The van der Waals surface area contributed by atoms with Gasteiger partial charge in [-0.05, 0) is 44.2 Å². The van der Waals surface area contributed by atoms with Crippen LogP contribution >= 0.6 is 0 Å². The lowest BCUT2D eigenvalue weighted by Crippen LogP contribution is -2.58. The standard InChI is InChI=1S/C17H25N5O2S/c1-2-12-25(23,24)14-9-5-4-8-13(14)22-16(19)20-15(18)21-17(22)10-6-3-7-11-17/h4-5,8-9H,2-3,6-7,10-12H2,1H3,(H4,18,19,20,21). The normalized spacial score (nSPS) is 20.3. The van der Waals surface area contributed by atoms with Crippen LogP contribution < -0.4 is 16.4 Å². The van der Waals surface area contributed by atoms with E-state index in [1.807, 2.05) is 13.0 Å². The molecule has 0 radical (unpaired) electrons. The van der Waals surface area contributed by atoms with Gasteiger partial charge in [0.05, 0.1) is 16.3 Å². The van der Waals surface area contributed by atoms with E-state index >= 15 is 0 Å². The lowest BCUT2D eigenvalue weighted by atomic mass is 9.87. The van der Waals surface area contributed by atoms with E-state index < -0.39 is 15.5 Å². The molecule has 1 aromatic rings. The van der Waals surface area contributed by atoms with Crippen molar-refractivity contribution in [2.24, 2.45) is 21.5 Å². The van der Waals surface area contributed by atoms with E-state index in [9.17, 15) is 8.42 Å². The van der Waals surface area contributed by atoms with Crippen molar-refractivity contribution in [3.8, 4) is 0 Å². The Morgan fingerprint density at radius 3 is 2.52 bits per heavy atom. The summed E-state index contributed by atoms with van der Waals surface area (Å²) < 4.78 is 25.5. The average Bonchev–Trinajstić information content (AvgIpc) is 2.55. The van der Waals surface area contributed by atoms with Crippen molar-refractivity contribution in [1.29, 1.82) is 0 Å². The highest BCUT2D eigenvalue weighted by Gasteiger charge is 2.44. The quantitative estimate of drug-likeness (QED) is 0.849. The molecule has 1 spiro atoms. The van der Waals surface area contributed by atoms with Gasteiger partial charge in [0.1, 0.15) is 5.66 Å². The summed E-state index contributed by atoms with van der Waals surface area (Å²) >= 11 is 0. The second-order valence-electron chi connectivity index (χ2n) is 6.61. The third kappa shape index (κ3) is 3.22. The SMILES string of the molecule is CCCS(=O)(=O)c1ccccc1N1C(N)=NC(N)=NC12CCCCC2. The molecular weight excluding hydrogens is 338 g/mol. The van der Waals surface area contributed by atoms with Crippen molar-refractivity contribution in [2.75, 3.05) is 10.7 Å². The zero-order valence-corrected chi connectivity index (χ0v) is 15.3. The Morgan fingerprint density at radius 2 is 1.84 bits per heavy atom. The van der Waals surface area contributed by atoms with Crippen LogP contribution in [0.3, 0.4) is 0 Å². The summed E-state index contributed by atoms with van der Waals surface area (Å²) in [6.07, 6.45) is 5.20. The lowest BCUT2D eigenvalue weighted by molar-refractivity contribution is 0.305. The monoisotopic (exact) mass is 363 g/mol. The van der Waals surface area contributed by atoms with E-state index in [-0.39, 0.29) is 22.6 Å². The minimum atomic E-state index is -3.41. The van der Waals surface area contributed by atoms with Gasteiger partial charge in [0, 0.05) is 0 Å². The van der Waals surface area contributed by atoms with E-state index in [1.54, 1.807) is 23.1 Å². The topological polar surface area (TPSA) is 114 Å². The number of hydrogen-bond acceptors (Lipinski definition) is 7. The number of benzene rings is 1. The van der Waals surface area contributed by atoms with Gasteiger partial charge in [-0.15, -0.1) is 0 Å². The molecule has 0 aromatic heterocycles. The third-order valence-electron chi connectivity index (χ3n) is 4.77. The van der Waals surface area contributed by atoms with Crippen LogP contribution in [0.5, 0.6) is 0 Å². The van der Waals surface area contributed by atoms with Crippen molar-refractivity contribution in [1.82, 2.24) is 0 Å². The minimum Gasteiger partial charge on any atom is -0.369 e.